The molecular weight excluding hydrogens is 320 g/mol. The minimum absolute atomic E-state index is 0.171. The number of rotatable bonds is 7. The Kier molecular flexibility index (Phi) is 5.13. The largest absolute Gasteiger partial charge is 0.493 e. The number of nitrogens with zero attached hydrogens (tertiary/aromatic N) is 3. The van der Waals surface area contributed by atoms with Crippen molar-refractivity contribution in [2.75, 3.05) is 20.3 Å². The van der Waals surface area contributed by atoms with Gasteiger partial charge < -0.3 is 14.8 Å². The smallest absolute Gasteiger partial charge is 0.251 e. The van der Waals surface area contributed by atoms with Gasteiger partial charge in [-0.2, -0.15) is 0 Å². The third kappa shape index (κ3) is 3.71. The Bertz CT molecular complexity index is 876. The normalized spacial score (nSPS) is 10.6. The molecule has 7 nitrogen and oxygen atoms in total. The van der Waals surface area contributed by atoms with Crippen LogP contribution in [0.3, 0.4) is 0 Å². The number of carbonyl (C=O) groups excluding carboxylic acids is 1. The van der Waals surface area contributed by atoms with Crippen LogP contribution in [0, 0.1) is 0 Å². The number of benzene rings is 1. The van der Waals surface area contributed by atoms with Gasteiger partial charge in [-0.05, 0) is 37.3 Å². The molecule has 3 aromatic rings. The van der Waals surface area contributed by atoms with Gasteiger partial charge in [-0.3, -0.25) is 9.20 Å². The first-order valence-electron chi connectivity index (χ1n) is 8.10. The Morgan fingerprint density at radius 2 is 2.08 bits per heavy atom. The summed E-state index contributed by atoms with van der Waals surface area (Å²) in [6.07, 6.45) is 2.49. The Hall–Kier alpha value is -3.09. The predicted octanol–water partition coefficient (Wildman–Crippen LogP) is 2.11. The van der Waals surface area contributed by atoms with Crippen LogP contribution in [0.1, 0.15) is 23.1 Å². The number of aromatic nitrogens is 3. The summed E-state index contributed by atoms with van der Waals surface area (Å²) in [5.74, 6) is 1.80. The molecule has 2 aromatic heterocycles. The Morgan fingerprint density at radius 1 is 1.20 bits per heavy atom. The first-order valence-corrected chi connectivity index (χ1v) is 8.10. The first-order chi connectivity index (χ1) is 12.2. The maximum absolute atomic E-state index is 12.3. The maximum atomic E-state index is 12.3. The molecule has 0 unspecified atom stereocenters. The standard InChI is InChI=1S/C18H20N4O3/c1-3-25-14-8-7-13(12-15(14)24-2)18(23)19-10-9-17-21-20-16-6-4-5-11-22(16)17/h4-8,11-12H,3,9-10H2,1-2H3,(H,19,23). The van der Waals surface area contributed by atoms with Crippen molar-refractivity contribution in [2.45, 2.75) is 13.3 Å². The molecule has 1 N–H and O–H groups in total. The van der Waals surface area contributed by atoms with E-state index in [0.717, 1.165) is 11.5 Å². The molecule has 0 aliphatic heterocycles. The van der Waals surface area contributed by atoms with Crippen LogP contribution in [0.15, 0.2) is 42.6 Å². The number of carbonyl (C=O) groups is 1. The number of hydrogen-bond donors (Lipinski definition) is 1. The maximum Gasteiger partial charge on any atom is 0.251 e. The number of hydrogen-bond acceptors (Lipinski definition) is 5. The molecule has 2 heterocycles. The molecule has 1 amide bonds. The third-order valence-electron chi connectivity index (χ3n) is 3.74. The van der Waals surface area contributed by atoms with Crippen LogP contribution in [0.4, 0.5) is 0 Å². The fourth-order valence-corrected chi connectivity index (χ4v) is 2.53. The van der Waals surface area contributed by atoms with Crippen LogP contribution in [-0.2, 0) is 6.42 Å². The molecular formula is C18H20N4O3. The van der Waals surface area contributed by atoms with E-state index in [2.05, 4.69) is 15.5 Å². The quantitative estimate of drug-likeness (QED) is 0.713. The number of ether oxygens (including phenoxy) is 2. The van der Waals surface area contributed by atoms with Gasteiger partial charge in [0.05, 0.1) is 13.7 Å². The molecule has 1 aromatic carbocycles. The van der Waals surface area contributed by atoms with Crippen molar-refractivity contribution < 1.29 is 14.3 Å². The number of fused-ring (bicyclic) bond motifs is 1. The monoisotopic (exact) mass is 340 g/mol. The van der Waals surface area contributed by atoms with Gasteiger partial charge in [0.15, 0.2) is 17.1 Å². The van der Waals surface area contributed by atoms with Gasteiger partial charge in [0, 0.05) is 24.7 Å². The molecule has 0 radical (unpaired) electrons. The van der Waals surface area contributed by atoms with Crippen LogP contribution in [-0.4, -0.2) is 40.8 Å². The van der Waals surface area contributed by atoms with Crippen LogP contribution in [0.2, 0.25) is 0 Å². The molecule has 0 fully saturated rings. The van der Waals surface area contributed by atoms with Crippen LogP contribution >= 0.6 is 0 Å². The average molecular weight is 340 g/mol. The van der Waals surface area contributed by atoms with Gasteiger partial charge in [-0.25, -0.2) is 0 Å². The summed E-state index contributed by atoms with van der Waals surface area (Å²) in [5, 5.41) is 11.1. The summed E-state index contributed by atoms with van der Waals surface area (Å²) in [4.78, 5) is 12.3. The number of methoxy groups -OCH3 is 1. The fourth-order valence-electron chi connectivity index (χ4n) is 2.53. The summed E-state index contributed by atoms with van der Waals surface area (Å²) in [7, 11) is 1.55. The van der Waals surface area contributed by atoms with E-state index < -0.39 is 0 Å². The SMILES string of the molecule is CCOc1ccc(C(=O)NCCc2nnc3ccccn23)cc1OC. The summed E-state index contributed by atoms with van der Waals surface area (Å²) in [5.41, 5.74) is 1.31. The molecule has 0 aliphatic rings. The van der Waals surface area contributed by atoms with Crippen molar-refractivity contribution in [1.29, 1.82) is 0 Å². The first kappa shape index (κ1) is 16.8. The van der Waals surface area contributed by atoms with Gasteiger partial charge in [0.1, 0.15) is 5.82 Å². The van der Waals surface area contributed by atoms with Gasteiger partial charge in [0.2, 0.25) is 0 Å². The van der Waals surface area contributed by atoms with E-state index >= 15 is 0 Å². The summed E-state index contributed by atoms with van der Waals surface area (Å²) < 4.78 is 12.6. The highest BCUT2D eigenvalue weighted by atomic mass is 16.5. The zero-order chi connectivity index (χ0) is 17.6. The van der Waals surface area contributed by atoms with E-state index in [1.165, 1.54) is 0 Å². The zero-order valence-corrected chi connectivity index (χ0v) is 14.2. The molecule has 0 aliphatic carbocycles. The van der Waals surface area contributed by atoms with Crippen molar-refractivity contribution in [3.63, 3.8) is 0 Å². The minimum Gasteiger partial charge on any atom is -0.493 e. The highest BCUT2D eigenvalue weighted by molar-refractivity contribution is 5.94. The topological polar surface area (TPSA) is 77.8 Å². The number of nitrogens with one attached hydrogen (secondary N) is 1. The van der Waals surface area contributed by atoms with Gasteiger partial charge in [0.25, 0.3) is 5.91 Å². The summed E-state index contributed by atoms with van der Waals surface area (Å²) in [6, 6.07) is 10.9. The lowest BCUT2D eigenvalue weighted by molar-refractivity contribution is 0.0953. The second-order valence-electron chi connectivity index (χ2n) is 5.35. The van der Waals surface area contributed by atoms with Crippen LogP contribution in [0.5, 0.6) is 11.5 Å². The van der Waals surface area contributed by atoms with Crippen molar-refractivity contribution in [3.8, 4) is 11.5 Å². The molecule has 7 heteroatoms. The molecule has 0 atom stereocenters. The van der Waals surface area contributed by atoms with Crippen molar-refractivity contribution in [3.05, 3.63) is 54.0 Å². The molecule has 0 bridgehead atoms. The lowest BCUT2D eigenvalue weighted by atomic mass is 10.2. The van der Waals surface area contributed by atoms with Crippen molar-refractivity contribution in [1.82, 2.24) is 19.9 Å². The average Bonchev–Trinajstić information content (AvgIpc) is 3.05. The molecule has 0 saturated heterocycles. The molecule has 3 rings (SSSR count). The Labute approximate surface area is 145 Å². The Balaban J connectivity index is 1.62. The highest BCUT2D eigenvalue weighted by Crippen LogP contribution is 2.27. The van der Waals surface area contributed by atoms with Crippen molar-refractivity contribution >= 4 is 11.6 Å². The molecule has 0 spiro atoms. The summed E-state index contributed by atoms with van der Waals surface area (Å²) >= 11 is 0. The van der Waals surface area contributed by atoms with Crippen LogP contribution < -0.4 is 14.8 Å². The van der Waals surface area contributed by atoms with Gasteiger partial charge >= 0.3 is 0 Å². The van der Waals surface area contributed by atoms with E-state index in [1.807, 2.05) is 35.7 Å². The molecule has 130 valence electrons. The predicted molar refractivity (Wildman–Crippen MR) is 93.2 cm³/mol. The summed E-state index contributed by atoms with van der Waals surface area (Å²) in [6.45, 7) is 2.90. The molecule has 0 saturated carbocycles. The lowest BCUT2D eigenvalue weighted by Crippen LogP contribution is -2.26. The van der Waals surface area contributed by atoms with E-state index in [9.17, 15) is 4.79 Å². The second-order valence-corrected chi connectivity index (χ2v) is 5.35. The highest BCUT2D eigenvalue weighted by Gasteiger charge is 2.11. The van der Waals surface area contributed by atoms with E-state index in [0.29, 0.717) is 36.6 Å². The van der Waals surface area contributed by atoms with Crippen LogP contribution in [0.25, 0.3) is 5.65 Å². The van der Waals surface area contributed by atoms with E-state index in [-0.39, 0.29) is 5.91 Å². The zero-order valence-electron chi connectivity index (χ0n) is 14.2. The van der Waals surface area contributed by atoms with Gasteiger partial charge in [-0.1, -0.05) is 6.07 Å². The number of amides is 1. The number of pyridine rings is 1. The van der Waals surface area contributed by atoms with Crippen molar-refractivity contribution in [2.24, 2.45) is 0 Å². The molecule has 25 heavy (non-hydrogen) atoms. The second kappa shape index (κ2) is 7.65. The van der Waals surface area contributed by atoms with Gasteiger partial charge in [-0.15, -0.1) is 10.2 Å². The van der Waals surface area contributed by atoms with E-state index in [4.69, 9.17) is 9.47 Å². The third-order valence-corrected chi connectivity index (χ3v) is 3.74. The Morgan fingerprint density at radius 3 is 2.88 bits per heavy atom. The fraction of sp³-hybridized carbons (Fsp3) is 0.278. The minimum atomic E-state index is -0.171. The lowest BCUT2D eigenvalue weighted by Gasteiger charge is -2.11. The van der Waals surface area contributed by atoms with E-state index in [1.54, 1.807) is 25.3 Å².